The van der Waals surface area contributed by atoms with Crippen molar-refractivity contribution in [3.63, 3.8) is 0 Å². The average molecular weight is 264 g/mol. The molecule has 7 heteroatoms. The molecule has 2 aromatic heterocycles. The van der Waals surface area contributed by atoms with Crippen LogP contribution in [0.2, 0.25) is 0 Å². The van der Waals surface area contributed by atoms with Crippen LogP contribution in [0.3, 0.4) is 0 Å². The maximum absolute atomic E-state index is 11.5. The first-order chi connectivity index (χ1) is 9.17. The van der Waals surface area contributed by atoms with Crippen LogP contribution in [-0.2, 0) is 0 Å². The summed E-state index contributed by atoms with van der Waals surface area (Å²) in [5, 5.41) is 6.42. The van der Waals surface area contributed by atoms with E-state index in [-0.39, 0.29) is 5.69 Å². The average Bonchev–Trinajstić information content (AvgIpc) is 2.76. The third-order valence-corrected chi connectivity index (χ3v) is 3.06. The van der Waals surface area contributed by atoms with Crippen LogP contribution >= 0.6 is 0 Å². The molecule has 3 N–H and O–H groups in total. The van der Waals surface area contributed by atoms with E-state index in [9.17, 15) is 4.79 Å². The lowest BCUT2D eigenvalue weighted by atomic mass is 10.3. The molecule has 0 fully saturated rings. The Morgan fingerprint density at radius 2 is 2.26 bits per heavy atom. The number of aromatic amines is 1. The van der Waals surface area contributed by atoms with Crippen molar-refractivity contribution in [1.82, 2.24) is 19.6 Å². The molecule has 104 valence electrons. The summed E-state index contributed by atoms with van der Waals surface area (Å²) >= 11 is 0. The Labute approximate surface area is 111 Å². The van der Waals surface area contributed by atoms with E-state index in [1.165, 1.54) is 4.40 Å². The first-order valence-electron chi connectivity index (χ1n) is 6.57. The maximum atomic E-state index is 11.5. The predicted octanol–water partition coefficient (Wildman–Crippen LogP) is 0.291. The van der Waals surface area contributed by atoms with Crippen molar-refractivity contribution in [1.29, 1.82) is 0 Å². The molecule has 0 amide bonds. The van der Waals surface area contributed by atoms with Crippen LogP contribution in [0.4, 0.5) is 5.82 Å². The fourth-order valence-electron chi connectivity index (χ4n) is 2.09. The van der Waals surface area contributed by atoms with E-state index in [0.717, 1.165) is 31.7 Å². The van der Waals surface area contributed by atoms with Crippen molar-refractivity contribution in [3.05, 3.63) is 22.4 Å². The van der Waals surface area contributed by atoms with Crippen LogP contribution in [0.25, 0.3) is 5.65 Å². The number of anilines is 1. The fraction of sp³-hybridized carbons (Fsp3) is 0.583. The molecule has 0 spiro atoms. The first kappa shape index (κ1) is 13.5. The van der Waals surface area contributed by atoms with E-state index in [1.54, 1.807) is 6.92 Å². The van der Waals surface area contributed by atoms with E-state index >= 15 is 0 Å². The molecule has 7 nitrogen and oxygen atoms in total. The molecule has 2 rings (SSSR count). The molecule has 0 aliphatic heterocycles. The van der Waals surface area contributed by atoms with Gasteiger partial charge in [-0.15, -0.1) is 0 Å². The molecule has 0 saturated heterocycles. The zero-order valence-corrected chi connectivity index (χ0v) is 11.4. The Balaban J connectivity index is 2.39. The Bertz CT molecular complexity index is 602. The summed E-state index contributed by atoms with van der Waals surface area (Å²) in [6.07, 6.45) is 2.20. The van der Waals surface area contributed by atoms with Crippen LogP contribution in [0.1, 0.15) is 25.6 Å². The topological polar surface area (TPSA) is 92.3 Å². The lowest BCUT2D eigenvalue weighted by molar-refractivity contribution is 0.704. The maximum Gasteiger partial charge on any atom is 0.349 e. The molecule has 19 heavy (non-hydrogen) atoms. The van der Waals surface area contributed by atoms with Crippen molar-refractivity contribution in [2.75, 3.05) is 24.5 Å². The highest BCUT2D eigenvalue weighted by molar-refractivity contribution is 5.51. The van der Waals surface area contributed by atoms with Gasteiger partial charge in [-0.2, -0.15) is 5.10 Å². The SMILES string of the molecule is CCCCN(CCN)c1cc2n[nH]c(=O)n2c(C)n1. The fourth-order valence-corrected chi connectivity index (χ4v) is 2.09. The second-order valence-electron chi connectivity index (χ2n) is 4.51. The molecule has 0 aromatic carbocycles. The summed E-state index contributed by atoms with van der Waals surface area (Å²) in [4.78, 5) is 18.2. The Kier molecular flexibility index (Phi) is 4.16. The van der Waals surface area contributed by atoms with Crippen LogP contribution in [0.15, 0.2) is 10.9 Å². The molecule has 0 atom stereocenters. The molecule has 0 saturated carbocycles. The van der Waals surface area contributed by atoms with E-state index < -0.39 is 0 Å². The lowest BCUT2D eigenvalue weighted by Crippen LogP contribution is -2.31. The van der Waals surface area contributed by atoms with Gasteiger partial charge in [-0.1, -0.05) is 13.3 Å². The minimum atomic E-state index is -0.259. The number of fused-ring (bicyclic) bond motifs is 1. The minimum absolute atomic E-state index is 0.259. The van der Waals surface area contributed by atoms with Crippen molar-refractivity contribution in [2.24, 2.45) is 5.73 Å². The lowest BCUT2D eigenvalue weighted by Gasteiger charge is -2.23. The molecule has 2 heterocycles. The number of unbranched alkanes of at least 4 members (excludes halogenated alkanes) is 1. The number of nitrogens with zero attached hydrogens (tertiary/aromatic N) is 4. The van der Waals surface area contributed by atoms with Gasteiger partial charge in [0.15, 0.2) is 5.65 Å². The number of hydrogen-bond acceptors (Lipinski definition) is 5. The minimum Gasteiger partial charge on any atom is -0.355 e. The van der Waals surface area contributed by atoms with Gasteiger partial charge in [-0.05, 0) is 13.3 Å². The number of hydrogen-bond donors (Lipinski definition) is 2. The second kappa shape index (κ2) is 5.83. The highest BCUT2D eigenvalue weighted by Gasteiger charge is 2.11. The van der Waals surface area contributed by atoms with Gasteiger partial charge in [0.1, 0.15) is 11.6 Å². The van der Waals surface area contributed by atoms with Crippen LogP contribution < -0.4 is 16.3 Å². The van der Waals surface area contributed by atoms with Gasteiger partial charge in [-0.25, -0.2) is 19.3 Å². The standard InChI is InChI=1S/C12H20N6O/c1-3-4-6-17(7-5-13)10-8-11-15-16-12(19)18(11)9(2)14-10/h8H,3-7,13H2,1-2H3,(H,16,19). The van der Waals surface area contributed by atoms with Crippen molar-refractivity contribution < 1.29 is 0 Å². The van der Waals surface area contributed by atoms with E-state index in [2.05, 4.69) is 27.0 Å². The monoisotopic (exact) mass is 264 g/mol. The molecule has 0 radical (unpaired) electrons. The normalized spacial score (nSPS) is 11.1. The van der Waals surface area contributed by atoms with Gasteiger partial charge in [0.25, 0.3) is 0 Å². The molecule has 0 unspecified atom stereocenters. The zero-order valence-electron chi connectivity index (χ0n) is 11.4. The summed E-state index contributed by atoms with van der Waals surface area (Å²) in [6, 6.07) is 1.82. The summed E-state index contributed by atoms with van der Waals surface area (Å²) in [6.45, 7) is 6.18. The van der Waals surface area contributed by atoms with Crippen LogP contribution in [0, 0.1) is 6.92 Å². The molecular weight excluding hydrogens is 244 g/mol. The predicted molar refractivity (Wildman–Crippen MR) is 74.5 cm³/mol. The van der Waals surface area contributed by atoms with Gasteiger partial charge >= 0.3 is 5.69 Å². The largest absolute Gasteiger partial charge is 0.355 e. The number of rotatable bonds is 6. The van der Waals surface area contributed by atoms with Gasteiger partial charge in [0.2, 0.25) is 0 Å². The highest BCUT2D eigenvalue weighted by atomic mass is 16.1. The third kappa shape index (κ3) is 2.76. The second-order valence-corrected chi connectivity index (χ2v) is 4.51. The molecule has 0 aliphatic carbocycles. The van der Waals surface area contributed by atoms with Gasteiger partial charge < -0.3 is 10.6 Å². The van der Waals surface area contributed by atoms with Gasteiger partial charge in [0, 0.05) is 25.7 Å². The zero-order chi connectivity index (χ0) is 13.8. The number of aryl methyl sites for hydroxylation is 1. The van der Waals surface area contributed by atoms with E-state index in [1.807, 2.05) is 6.07 Å². The van der Waals surface area contributed by atoms with Gasteiger partial charge in [0.05, 0.1) is 0 Å². The molecule has 2 aromatic rings. The highest BCUT2D eigenvalue weighted by Crippen LogP contribution is 2.14. The molecular formula is C12H20N6O. The van der Waals surface area contributed by atoms with Gasteiger partial charge in [-0.3, -0.25) is 0 Å². The van der Waals surface area contributed by atoms with Crippen molar-refractivity contribution in [3.8, 4) is 0 Å². The summed E-state index contributed by atoms with van der Waals surface area (Å²) < 4.78 is 1.46. The van der Waals surface area contributed by atoms with Crippen molar-refractivity contribution >= 4 is 11.5 Å². The molecule has 0 aliphatic rings. The molecule has 0 bridgehead atoms. The summed E-state index contributed by atoms with van der Waals surface area (Å²) in [7, 11) is 0. The smallest absolute Gasteiger partial charge is 0.349 e. The van der Waals surface area contributed by atoms with Crippen LogP contribution in [-0.4, -0.2) is 39.2 Å². The quantitative estimate of drug-likeness (QED) is 0.782. The van der Waals surface area contributed by atoms with Crippen molar-refractivity contribution in [2.45, 2.75) is 26.7 Å². The Morgan fingerprint density at radius 1 is 1.47 bits per heavy atom. The number of nitrogens with one attached hydrogen (secondary N) is 1. The van der Waals surface area contributed by atoms with E-state index in [0.29, 0.717) is 18.0 Å². The third-order valence-electron chi connectivity index (χ3n) is 3.06. The number of aromatic nitrogens is 4. The van der Waals surface area contributed by atoms with E-state index in [4.69, 9.17) is 5.73 Å². The Morgan fingerprint density at radius 3 is 2.95 bits per heavy atom. The summed E-state index contributed by atoms with van der Waals surface area (Å²) in [5.74, 6) is 1.45. The van der Waals surface area contributed by atoms with Crippen LogP contribution in [0.5, 0.6) is 0 Å². The number of H-pyrrole nitrogens is 1. The Hall–Kier alpha value is -1.89. The summed E-state index contributed by atoms with van der Waals surface area (Å²) in [5.41, 5.74) is 5.98. The number of nitrogens with two attached hydrogens (primary N) is 1. The first-order valence-corrected chi connectivity index (χ1v) is 6.57.